The Morgan fingerprint density at radius 2 is 1.97 bits per heavy atom. The smallest absolute Gasteiger partial charge is 0.416 e. The second kappa shape index (κ2) is 10.1. The summed E-state index contributed by atoms with van der Waals surface area (Å²) in [5.41, 5.74) is -0.656. The van der Waals surface area contributed by atoms with Crippen LogP contribution in [-0.2, 0) is 11.0 Å². The first-order valence-electron chi connectivity index (χ1n) is 9.08. The Morgan fingerprint density at radius 1 is 1.21 bits per heavy atom. The van der Waals surface area contributed by atoms with E-state index in [-0.39, 0.29) is 15.8 Å². The van der Waals surface area contributed by atoms with Crippen LogP contribution < -0.4 is 14.8 Å². The van der Waals surface area contributed by atoms with Crippen molar-refractivity contribution in [3.63, 3.8) is 0 Å². The number of thiazole rings is 1. The van der Waals surface area contributed by atoms with Crippen LogP contribution in [-0.4, -0.2) is 35.8 Å². The van der Waals surface area contributed by atoms with Gasteiger partial charge in [-0.1, -0.05) is 0 Å². The first-order valence-corrected chi connectivity index (χ1v) is 10.9. The Bertz CT molecular complexity index is 1180. The highest BCUT2D eigenvalue weighted by molar-refractivity contribution is 8.00. The van der Waals surface area contributed by atoms with E-state index in [0.29, 0.717) is 28.8 Å². The monoisotopic (exact) mass is 499 g/mol. The number of aromatic nitrogens is 1. The molecule has 0 aliphatic carbocycles. The van der Waals surface area contributed by atoms with Gasteiger partial charge in [0.05, 0.1) is 41.0 Å². The number of halogens is 3. The number of ether oxygens (including phenoxy) is 2. The summed E-state index contributed by atoms with van der Waals surface area (Å²) in [6.07, 6.45) is -4.71. The first kappa shape index (κ1) is 24.3. The zero-order valence-electron chi connectivity index (χ0n) is 17.1. The summed E-state index contributed by atoms with van der Waals surface area (Å²) >= 11 is 1.91. The average Bonchev–Trinajstić information content (AvgIpc) is 3.24. The molecule has 33 heavy (non-hydrogen) atoms. The van der Waals surface area contributed by atoms with Gasteiger partial charge in [-0.3, -0.25) is 14.9 Å². The highest BCUT2D eigenvalue weighted by atomic mass is 32.2. The molecular formula is C20H16F3N3O5S2. The molecule has 2 aromatic carbocycles. The summed E-state index contributed by atoms with van der Waals surface area (Å²) < 4.78 is 49.0. The van der Waals surface area contributed by atoms with Crippen LogP contribution >= 0.6 is 23.1 Å². The van der Waals surface area contributed by atoms with Crippen molar-refractivity contribution in [1.82, 2.24) is 4.98 Å². The molecule has 174 valence electrons. The Balaban J connectivity index is 1.70. The van der Waals surface area contributed by atoms with Gasteiger partial charge in [-0.25, -0.2) is 4.98 Å². The molecule has 0 bridgehead atoms. The van der Waals surface area contributed by atoms with Crippen molar-refractivity contribution in [3.8, 4) is 22.8 Å². The van der Waals surface area contributed by atoms with E-state index in [2.05, 4.69) is 10.3 Å². The minimum Gasteiger partial charge on any atom is -0.497 e. The van der Waals surface area contributed by atoms with E-state index in [0.717, 1.165) is 35.2 Å². The Kier molecular flexibility index (Phi) is 7.43. The molecule has 3 aromatic rings. The molecular weight excluding hydrogens is 483 g/mol. The number of nitro groups is 1. The third-order valence-electron chi connectivity index (χ3n) is 4.27. The number of rotatable bonds is 8. The highest BCUT2D eigenvalue weighted by Crippen LogP contribution is 2.37. The van der Waals surface area contributed by atoms with E-state index >= 15 is 0 Å². The van der Waals surface area contributed by atoms with Crippen LogP contribution in [0.4, 0.5) is 24.0 Å². The molecule has 0 atom stereocenters. The number of nitrogens with one attached hydrogen (secondary N) is 1. The van der Waals surface area contributed by atoms with Crippen molar-refractivity contribution in [1.29, 1.82) is 0 Å². The minimum absolute atomic E-state index is 0.0518. The van der Waals surface area contributed by atoms with Crippen molar-refractivity contribution < 1.29 is 32.4 Å². The largest absolute Gasteiger partial charge is 0.497 e. The number of carbonyl (C=O) groups excluding carboxylic acids is 1. The number of anilines is 1. The van der Waals surface area contributed by atoms with Crippen LogP contribution in [0.2, 0.25) is 0 Å². The van der Waals surface area contributed by atoms with Crippen molar-refractivity contribution in [2.75, 3.05) is 25.3 Å². The molecule has 0 saturated carbocycles. The maximum atomic E-state index is 12.8. The second-order valence-corrected chi connectivity index (χ2v) is 8.25. The topological polar surface area (TPSA) is 104 Å². The number of hydrogen-bond donors (Lipinski definition) is 1. The molecule has 1 amide bonds. The SMILES string of the molecule is COc1ccc(OC)c(-c2csc(NC(=O)CSc3ccc(C(F)(F)F)cc3[N+](=O)[O-])n2)c1. The number of carbonyl (C=O) groups is 1. The van der Waals surface area contributed by atoms with Crippen LogP contribution in [0.15, 0.2) is 46.7 Å². The minimum atomic E-state index is -4.71. The number of hydrogen-bond acceptors (Lipinski definition) is 8. The van der Waals surface area contributed by atoms with Crippen molar-refractivity contribution in [3.05, 3.63) is 57.5 Å². The summed E-state index contributed by atoms with van der Waals surface area (Å²) in [6.45, 7) is 0. The molecule has 0 unspecified atom stereocenters. The molecule has 8 nitrogen and oxygen atoms in total. The number of nitro benzene ring substituents is 1. The van der Waals surface area contributed by atoms with E-state index in [1.54, 1.807) is 23.6 Å². The van der Waals surface area contributed by atoms with Gasteiger partial charge >= 0.3 is 6.18 Å². The van der Waals surface area contributed by atoms with Gasteiger partial charge in [0, 0.05) is 17.0 Å². The van der Waals surface area contributed by atoms with Gasteiger partial charge in [-0.15, -0.1) is 23.1 Å². The highest BCUT2D eigenvalue weighted by Gasteiger charge is 2.33. The molecule has 3 rings (SSSR count). The van der Waals surface area contributed by atoms with Crippen molar-refractivity contribution in [2.24, 2.45) is 0 Å². The normalized spacial score (nSPS) is 11.2. The number of alkyl halides is 3. The predicted octanol–water partition coefficient (Wildman–Crippen LogP) is 5.49. The molecule has 0 radical (unpaired) electrons. The quantitative estimate of drug-likeness (QED) is 0.248. The fourth-order valence-electron chi connectivity index (χ4n) is 2.73. The first-order chi connectivity index (χ1) is 15.6. The van der Waals surface area contributed by atoms with E-state index in [4.69, 9.17) is 9.47 Å². The Hall–Kier alpha value is -3.32. The number of benzene rings is 2. The maximum absolute atomic E-state index is 12.8. The van der Waals surface area contributed by atoms with Crippen LogP contribution in [0, 0.1) is 10.1 Å². The third kappa shape index (κ3) is 5.93. The molecule has 13 heteroatoms. The lowest BCUT2D eigenvalue weighted by atomic mass is 10.1. The summed E-state index contributed by atoms with van der Waals surface area (Å²) in [7, 11) is 3.04. The summed E-state index contributed by atoms with van der Waals surface area (Å²) in [5, 5.41) is 15.7. The standard InChI is InChI=1S/C20H16F3N3O5S2/c1-30-12-4-5-16(31-2)13(8-12)14-9-33-19(24-14)25-18(27)10-32-17-6-3-11(20(21,22)23)7-15(17)26(28)29/h3-9H,10H2,1-2H3,(H,24,25,27). The lowest BCUT2D eigenvalue weighted by Gasteiger charge is -2.09. The van der Waals surface area contributed by atoms with E-state index in [1.165, 1.54) is 14.2 Å². The molecule has 0 fully saturated rings. The molecule has 0 saturated heterocycles. The predicted molar refractivity (Wildman–Crippen MR) is 118 cm³/mol. The van der Waals surface area contributed by atoms with E-state index in [1.807, 2.05) is 0 Å². The van der Waals surface area contributed by atoms with Crippen molar-refractivity contribution in [2.45, 2.75) is 11.1 Å². The number of nitrogens with zero attached hydrogens (tertiary/aromatic N) is 2. The van der Waals surface area contributed by atoms with Gasteiger partial charge in [-0.2, -0.15) is 13.2 Å². The summed E-state index contributed by atoms with van der Waals surface area (Å²) in [6, 6.07) is 7.36. The zero-order valence-corrected chi connectivity index (χ0v) is 18.8. The Labute approximate surface area is 193 Å². The van der Waals surface area contributed by atoms with Crippen LogP contribution in [0.1, 0.15) is 5.56 Å². The summed E-state index contributed by atoms with van der Waals surface area (Å²) in [5.74, 6) is 0.375. The fourth-order valence-corrected chi connectivity index (χ4v) is 4.26. The van der Waals surface area contributed by atoms with Crippen LogP contribution in [0.5, 0.6) is 11.5 Å². The van der Waals surface area contributed by atoms with Gasteiger partial charge in [0.2, 0.25) is 5.91 Å². The fraction of sp³-hybridized carbons (Fsp3) is 0.200. The molecule has 0 spiro atoms. The second-order valence-electron chi connectivity index (χ2n) is 6.38. The molecule has 1 heterocycles. The number of methoxy groups -OCH3 is 2. The van der Waals surface area contributed by atoms with Gasteiger partial charge in [0.25, 0.3) is 5.69 Å². The molecule has 1 N–H and O–H groups in total. The van der Waals surface area contributed by atoms with Gasteiger partial charge in [0.1, 0.15) is 11.5 Å². The lowest BCUT2D eigenvalue weighted by molar-refractivity contribution is -0.388. The van der Waals surface area contributed by atoms with Gasteiger partial charge < -0.3 is 14.8 Å². The summed E-state index contributed by atoms with van der Waals surface area (Å²) in [4.78, 5) is 26.9. The third-order valence-corrected chi connectivity index (χ3v) is 6.10. The lowest BCUT2D eigenvalue weighted by Crippen LogP contribution is -2.14. The van der Waals surface area contributed by atoms with Crippen LogP contribution in [0.25, 0.3) is 11.3 Å². The van der Waals surface area contributed by atoms with Crippen LogP contribution in [0.3, 0.4) is 0 Å². The van der Waals surface area contributed by atoms with E-state index < -0.39 is 28.3 Å². The molecule has 1 aromatic heterocycles. The van der Waals surface area contributed by atoms with Gasteiger partial charge in [-0.05, 0) is 30.3 Å². The molecule has 0 aliphatic rings. The number of thioether (sulfide) groups is 1. The zero-order chi connectivity index (χ0) is 24.2. The van der Waals surface area contributed by atoms with Gasteiger partial charge in [0.15, 0.2) is 5.13 Å². The molecule has 0 aliphatic heterocycles. The Morgan fingerprint density at radius 3 is 2.61 bits per heavy atom. The van der Waals surface area contributed by atoms with Crippen molar-refractivity contribution >= 4 is 39.8 Å². The number of amides is 1. The van der Waals surface area contributed by atoms with E-state index in [9.17, 15) is 28.1 Å². The average molecular weight is 499 g/mol. The maximum Gasteiger partial charge on any atom is 0.416 e.